The van der Waals surface area contributed by atoms with Gasteiger partial charge in [0, 0.05) is 21.8 Å². The van der Waals surface area contributed by atoms with Crippen LogP contribution in [0.5, 0.6) is 0 Å². The van der Waals surface area contributed by atoms with Crippen molar-refractivity contribution in [2.45, 2.75) is 93.0 Å². The number of hydrogen-bond acceptors (Lipinski definition) is 1. The van der Waals surface area contributed by atoms with Gasteiger partial charge in [0.25, 0.3) is 0 Å². The minimum absolute atomic E-state index is 0.330. The second-order valence-corrected chi connectivity index (χ2v) is 12.7. The monoisotopic (exact) mass is 428 g/mol. The van der Waals surface area contributed by atoms with E-state index in [0.29, 0.717) is 5.41 Å². The zero-order valence-corrected chi connectivity index (χ0v) is 19.8. The fourth-order valence-corrected chi connectivity index (χ4v) is 10.9. The third-order valence-electron chi connectivity index (χ3n) is 9.96. The van der Waals surface area contributed by atoms with Crippen molar-refractivity contribution < 1.29 is 0 Å². The molecule has 1 aromatic carbocycles. The molecule has 1 heterocycles. The van der Waals surface area contributed by atoms with E-state index in [-0.39, 0.29) is 0 Å². The van der Waals surface area contributed by atoms with Gasteiger partial charge in [-0.25, -0.2) is 0 Å². The van der Waals surface area contributed by atoms with Gasteiger partial charge in [-0.3, -0.25) is 0 Å². The molecule has 1 aliphatic heterocycles. The molecule has 0 N–H and O–H groups in total. The van der Waals surface area contributed by atoms with Gasteiger partial charge in [-0.2, -0.15) is 11.8 Å². The van der Waals surface area contributed by atoms with E-state index in [0.717, 1.165) is 34.2 Å². The zero-order chi connectivity index (χ0) is 20.6. The van der Waals surface area contributed by atoms with Crippen LogP contribution in [0.15, 0.2) is 53.6 Å². The Morgan fingerprint density at radius 3 is 2.39 bits per heavy atom. The molecule has 31 heavy (non-hydrogen) atoms. The summed E-state index contributed by atoms with van der Waals surface area (Å²) in [5.74, 6) is 2.97. The lowest BCUT2D eigenvalue weighted by atomic mass is 9.51. The highest BCUT2D eigenvalue weighted by Gasteiger charge is 2.64. The third-order valence-corrected chi connectivity index (χ3v) is 11.7. The number of rotatable bonds is 0. The maximum absolute atomic E-state index is 2.71. The molecular formula is C30H36S. The molecule has 6 unspecified atom stereocenters. The van der Waals surface area contributed by atoms with Crippen LogP contribution in [-0.2, 0) is 5.41 Å². The summed E-state index contributed by atoms with van der Waals surface area (Å²) in [7, 11) is 0. The Labute approximate surface area is 192 Å². The van der Waals surface area contributed by atoms with Crippen LogP contribution in [-0.4, -0.2) is 10.5 Å². The molecule has 5 aliphatic carbocycles. The van der Waals surface area contributed by atoms with E-state index in [1.165, 1.54) is 69.8 Å². The van der Waals surface area contributed by atoms with E-state index in [4.69, 9.17) is 0 Å². The first-order chi connectivity index (χ1) is 15.3. The number of aryl methyl sites for hydroxylation is 1. The van der Waals surface area contributed by atoms with Gasteiger partial charge in [0.1, 0.15) is 0 Å². The molecule has 1 saturated heterocycles. The molecule has 1 spiro atoms. The lowest BCUT2D eigenvalue weighted by molar-refractivity contribution is 0.109. The summed E-state index contributed by atoms with van der Waals surface area (Å²) in [6.45, 7) is 2.33. The minimum Gasteiger partial charge on any atom is -0.154 e. The Balaban J connectivity index is 1.51. The molecule has 0 bridgehead atoms. The number of allylic oxidation sites excluding steroid dienone is 6. The van der Waals surface area contributed by atoms with Gasteiger partial charge in [0.05, 0.1) is 0 Å². The van der Waals surface area contributed by atoms with Crippen molar-refractivity contribution in [3.05, 3.63) is 70.3 Å². The lowest BCUT2D eigenvalue weighted by Gasteiger charge is -2.59. The Morgan fingerprint density at radius 2 is 1.61 bits per heavy atom. The summed E-state index contributed by atoms with van der Waals surface area (Å²) in [5, 5.41) is 1.65. The molecule has 162 valence electrons. The average Bonchev–Trinajstić information content (AvgIpc) is 3.10. The van der Waals surface area contributed by atoms with Gasteiger partial charge in [-0.15, -0.1) is 0 Å². The lowest BCUT2D eigenvalue weighted by Crippen LogP contribution is -2.57. The van der Waals surface area contributed by atoms with Crippen LogP contribution in [0.3, 0.4) is 0 Å². The van der Waals surface area contributed by atoms with Crippen molar-refractivity contribution in [2.75, 3.05) is 0 Å². The Kier molecular flexibility index (Phi) is 4.44. The Morgan fingerprint density at radius 1 is 0.871 bits per heavy atom. The minimum atomic E-state index is 0.330. The third kappa shape index (κ3) is 2.56. The van der Waals surface area contributed by atoms with Gasteiger partial charge in [0.15, 0.2) is 0 Å². The fraction of sp³-hybridized carbons (Fsp3) is 0.600. The first kappa shape index (κ1) is 19.3. The van der Waals surface area contributed by atoms with E-state index in [1.54, 1.807) is 11.1 Å². The average molecular weight is 429 g/mol. The number of fused-ring (bicyclic) bond motifs is 10. The van der Waals surface area contributed by atoms with Crippen LogP contribution in [0.4, 0.5) is 0 Å². The van der Waals surface area contributed by atoms with Gasteiger partial charge < -0.3 is 0 Å². The first-order valence-electron chi connectivity index (χ1n) is 13.1. The second-order valence-electron chi connectivity index (χ2n) is 11.3. The molecule has 1 heteroatoms. The highest BCUT2D eigenvalue weighted by Crippen LogP contribution is 2.70. The Bertz CT molecular complexity index is 966. The molecule has 1 fully saturated rings. The summed E-state index contributed by atoms with van der Waals surface area (Å²) in [6, 6.07) is 7.66. The number of hydrogen-bond donors (Lipinski definition) is 0. The molecule has 0 saturated carbocycles. The predicted octanol–water partition coefficient (Wildman–Crippen LogP) is 8.03. The summed E-state index contributed by atoms with van der Waals surface area (Å²) < 4.78 is 0. The van der Waals surface area contributed by atoms with E-state index in [2.05, 4.69) is 61.2 Å². The van der Waals surface area contributed by atoms with Gasteiger partial charge in [0.2, 0.25) is 0 Å². The van der Waals surface area contributed by atoms with Crippen molar-refractivity contribution in [1.82, 2.24) is 0 Å². The van der Waals surface area contributed by atoms with Crippen LogP contribution >= 0.6 is 11.8 Å². The quantitative estimate of drug-likeness (QED) is 0.377. The van der Waals surface area contributed by atoms with Crippen LogP contribution < -0.4 is 0 Å². The Hall–Kier alpha value is -1.21. The zero-order valence-electron chi connectivity index (χ0n) is 19.0. The first-order valence-corrected chi connectivity index (χ1v) is 14.0. The van der Waals surface area contributed by atoms with Gasteiger partial charge in [-0.05, 0) is 100 Å². The normalized spacial score (nSPS) is 42.6. The van der Waals surface area contributed by atoms with Crippen LogP contribution in [0.2, 0.25) is 0 Å². The highest BCUT2D eigenvalue weighted by molar-refractivity contribution is 8.00. The van der Waals surface area contributed by atoms with E-state index in [1.807, 2.05) is 11.1 Å². The molecular weight excluding hydrogens is 392 g/mol. The van der Waals surface area contributed by atoms with Gasteiger partial charge in [-0.1, -0.05) is 59.2 Å². The topological polar surface area (TPSA) is 0 Å². The van der Waals surface area contributed by atoms with Crippen molar-refractivity contribution in [3.63, 3.8) is 0 Å². The number of thioether (sulfide) groups is 1. The fourth-order valence-electron chi connectivity index (χ4n) is 8.98. The largest absolute Gasteiger partial charge is 0.154 e. The van der Waals surface area contributed by atoms with Crippen molar-refractivity contribution in [1.29, 1.82) is 0 Å². The van der Waals surface area contributed by atoms with E-state index < -0.39 is 0 Å². The summed E-state index contributed by atoms with van der Waals surface area (Å²) in [4.78, 5) is 0. The van der Waals surface area contributed by atoms with Gasteiger partial charge >= 0.3 is 0 Å². The molecule has 0 radical (unpaired) electrons. The van der Waals surface area contributed by atoms with Crippen molar-refractivity contribution in [2.24, 2.45) is 17.8 Å². The SMILES string of the molecule is Cc1ccc2c(c1)C1(C3C=CCCC3SC3CCC=CC31)C1CCC3=C(CCCC3)C21. The maximum Gasteiger partial charge on any atom is 0.0140 e. The van der Waals surface area contributed by atoms with E-state index in [9.17, 15) is 0 Å². The molecule has 7 rings (SSSR count). The van der Waals surface area contributed by atoms with Crippen LogP contribution in [0.25, 0.3) is 0 Å². The second kappa shape index (κ2) is 7.14. The summed E-state index contributed by atoms with van der Waals surface area (Å²) in [6.07, 6.45) is 24.3. The molecule has 1 aromatic rings. The summed E-state index contributed by atoms with van der Waals surface area (Å²) in [5.41, 5.74) is 9.09. The van der Waals surface area contributed by atoms with E-state index >= 15 is 0 Å². The molecule has 0 nitrogen and oxygen atoms in total. The van der Waals surface area contributed by atoms with Crippen molar-refractivity contribution in [3.8, 4) is 0 Å². The molecule has 0 amide bonds. The molecule has 6 atom stereocenters. The van der Waals surface area contributed by atoms with Crippen LogP contribution in [0.1, 0.15) is 86.8 Å². The van der Waals surface area contributed by atoms with Crippen LogP contribution in [0, 0.1) is 24.7 Å². The smallest absolute Gasteiger partial charge is 0.0140 e. The molecule has 6 aliphatic rings. The number of benzene rings is 1. The molecule has 0 aromatic heterocycles. The predicted molar refractivity (Wildman–Crippen MR) is 133 cm³/mol. The summed E-state index contributed by atoms with van der Waals surface area (Å²) >= 11 is 2.39. The standard InChI is InChI=1S/C30H36S/c1-19-14-16-22-26(18-19)30(25-17-15-20-8-2-3-9-21(20)29(22)25)23-10-4-6-12-27(23)31-28-13-7-5-11-24(28)30/h4-5,10-11,14,16,18,23-25,27-29H,2-3,6-9,12-13,15,17H2,1H3. The maximum atomic E-state index is 2.71. The van der Waals surface area contributed by atoms with Crippen molar-refractivity contribution >= 4 is 11.8 Å². The highest BCUT2D eigenvalue weighted by atomic mass is 32.2.